The summed E-state index contributed by atoms with van der Waals surface area (Å²) in [6.45, 7) is 5.74. The van der Waals surface area contributed by atoms with Crippen LogP contribution in [0.5, 0.6) is 0 Å². The maximum Gasteiger partial charge on any atom is 0.0620 e. The van der Waals surface area contributed by atoms with E-state index in [9.17, 15) is 0 Å². The molecular formula is C13H19BrN2O. The number of anilines is 1. The van der Waals surface area contributed by atoms with Crippen molar-refractivity contribution in [1.29, 1.82) is 0 Å². The van der Waals surface area contributed by atoms with Crippen LogP contribution >= 0.6 is 15.9 Å². The van der Waals surface area contributed by atoms with Crippen molar-refractivity contribution >= 4 is 21.6 Å². The highest BCUT2D eigenvalue weighted by Gasteiger charge is 2.12. The van der Waals surface area contributed by atoms with Crippen LogP contribution in [-0.2, 0) is 4.74 Å². The van der Waals surface area contributed by atoms with Crippen LogP contribution in [-0.4, -0.2) is 32.3 Å². The number of ether oxygens (including phenoxy) is 1. The lowest BCUT2D eigenvalue weighted by Gasteiger charge is -2.24. The molecule has 0 aliphatic carbocycles. The Bertz CT molecular complexity index is 364. The minimum atomic E-state index is 0.490. The molecule has 1 aliphatic rings. The van der Waals surface area contributed by atoms with Gasteiger partial charge in [-0.05, 0) is 31.0 Å². The summed E-state index contributed by atoms with van der Waals surface area (Å²) in [5, 5.41) is 6.93. The fourth-order valence-corrected chi connectivity index (χ4v) is 2.33. The van der Waals surface area contributed by atoms with E-state index in [1.165, 1.54) is 11.3 Å². The Morgan fingerprint density at radius 1 is 1.53 bits per heavy atom. The summed E-state index contributed by atoms with van der Waals surface area (Å²) in [4.78, 5) is 0. The first kappa shape index (κ1) is 12.9. The van der Waals surface area contributed by atoms with E-state index in [1.807, 2.05) is 0 Å². The smallest absolute Gasteiger partial charge is 0.0620 e. The molecule has 17 heavy (non-hydrogen) atoms. The predicted molar refractivity (Wildman–Crippen MR) is 74.6 cm³/mol. The van der Waals surface area contributed by atoms with Gasteiger partial charge in [-0.3, -0.25) is 0 Å². The lowest BCUT2D eigenvalue weighted by atomic mass is 10.1. The van der Waals surface area contributed by atoms with Gasteiger partial charge in [0, 0.05) is 29.3 Å². The molecule has 1 aromatic carbocycles. The lowest BCUT2D eigenvalue weighted by molar-refractivity contribution is 0.0753. The van der Waals surface area contributed by atoms with Gasteiger partial charge < -0.3 is 15.4 Å². The normalized spacial score (nSPS) is 20.2. The second-order valence-corrected chi connectivity index (χ2v) is 5.32. The Morgan fingerprint density at radius 2 is 2.41 bits per heavy atom. The third-order valence-corrected chi connectivity index (χ3v) is 3.50. The molecule has 3 nitrogen and oxygen atoms in total. The van der Waals surface area contributed by atoms with Crippen molar-refractivity contribution in [2.24, 2.45) is 0 Å². The van der Waals surface area contributed by atoms with E-state index in [4.69, 9.17) is 4.74 Å². The van der Waals surface area contributed by atoms with Crippen LogP contribution in [0, 0.1) is 6.92 Å². The van der Waals surface area contributed by atoms with E-state index in [1.54, 1.807) is 0 Å². The van der Waals surface area contributed by atoms with Crippen molar-refractivity contribution in [3.05, 3.63) is 28.2 Å². The number of hydrogen-bond donors (Lipinski definition) is 2. The molecular weight excluding hydrogens is 280 g/mol. The Morgan fingerprint density at radius 3 is 3.18 bits per heavy atom. The summed E-state index contributed by atoms with van der Waals surface area (Å²) < 4.78 is 6.55. The molecule has 0 saturated carbocycles. The molecule has 0 spiro atoms. The van der Waals surface area contributed by atoms with Crippen molar-refractivity contribution in [2.75, 3.05) is 31.6 Å². The fourth-order valence-electron chi connectivity index (χ4n) is 1.97. The number of benzene rings is 1. The highest BCUT2D eigenvalue weighted by Crippen LogP contribution is 2.20. The van der Waals surface area contributed by atoms with Crippen molar-refractivity contribution in [1.82, 2.24) is 5.32 Å². The third-order valence-electron chi connectivity index (χ3n) is 3.01. The first-order valence-electron chi connectivity index (χ1n) is 6.07. The quantitative estimate of drug-likeness (QED) is 0.896. The molecule has 1 unspecified atom stereocenters. The first-order chi connectivity index (χ1) is 8.25. The number of aryl methyl sites for hydroxylation is 1. The number of morpholine rings is 1. The van der Waals surface area contributed by atoms with E-state index in [0.717, 1.165) is 37.2 Å². The van der Waals surface area contributed by atoms with E-state index in [2.05, 4.69) is 51.7 Å². The number of nitrogens with one attached hydrogen (secondary N) is 2. The van der Waals surface area contributed by atoms with Gasteiger partial charge in [0.05, 0.1) is 13.2 Å². The first-order valence-corrected chi connectivity index (χ1v) is 6.86. The summed E-state index contributed by atoms with van der Waals surface area (Å²) in [5.41, 5.74) is 2.48. The molecule has 0 bridgehead atoms. The summed E-state index contributed by atoms with van der Waals surface area (Å²) in [6, 6.07) is 6.80. The Balaban J connectivity index is 1.79. The molecule has 1 heterocycles. The summed E-state index contributed by atoms with van der Waals surface area (Å²) in [7, 11) is 0. The molecule has 2 rings (SSSR count). The molecule has 0 aromatic heterocycles. The van der Waals surface area contributed by atoms with Gasteiger partial charge in [-0.1, -0.05) is 22.0 Å². The minimum Gasteiger partial charge on any atom is -0.385 e. The van der Waals surface area contributed by atoms with Crippen LogP contribution in [0.1, 0.15) is 12.0 Å². The Kier molecular flexibility index (Phi) is 4.83. The monoisotopic (exact) mass is 298 g/mol. The molecule has 1 aliphatic heterocycles. The SMILES string of the molecule is Cc1ccc(Br)cc1NCCC1COCCN1. The standard InChI is InChI=1S/C13H19BrN2O/c1-10-2-3-11(14)8-13(10)16-5-4-12-9-17-7-6-15-12/h2-3,8,12,15-16H,4-7,9H2,1H3. The second kappa shape index (κ2) is 6.38. The number of hydrogen-bond acceptors (Lipinski definition) is 3. The molecule has 1 aromatic rings. The van der Waals surface area contributed by atoms with Crippen LogP contribution in [0.15, 0.2) is 22.7 Å². The molecule has 4 heteroatoms. The van der Waals surface area contributed by atoms with Crippen molar-refractivity contribution in [2.45, 2.75) is 19.4 Å². The van der Waals surface area contributed by atoms with Gasteiger partial charge in [-0.15, -0.1) is 0 Å². The molecule has 0 amide bonds. The molecule has 1 saturated heterocycles. The molecule has 1 atom stereocenters. The zero-order chi connectivity index (χ0) is 12.1. The van der Waals surface area contributed by atoms with Gasteiger partial charge in [-0.25, -0.2) is 0 Å². The van der Waals surface area contributed by atoms with Crippen molar-refractivity contribution < 1.29 is 4.74 Å². The summed E-state index contributed by atoms with van der Waals surface area (Å²) >= 11 is 3.49. The molecule has 94 valence electrons. The Hall–Kier alpha value is -0.580. The van der Waals surface area contributed by atoms with E-state index in [-0.39, 0.29) is 0 Å². The maximum absolute atomic E-state index is 5.43. The van der Waals surface area contributed by atoms with Gasteiger partial charge in [0.2, 0.25) is 0 Å². The van der Waals surface area contributed by atoms with Crippen LogP contribution in [0.25, 0.3) is 0 Å². The largest absolute Gasteiger partial charge is 0.385 e. The molecule has 1 fully saturated rings. The van der Waals surface area contributed by atoms with Crippen LogP contribution in [0.4, 0.5) is 5.69 Å². The molecule has 0 radical (unpaired) electrons. The second-order valence-electron chi connectivity index (χ2n) is 4.40. The number of halogens is 1. The van der Waals surface area contributed by atoms with Gasteiger partial charge >= 0.3 is 0 Å². The van der Waals surface area contributed by atoms with E-state index in [0.29, 0.717) is 6.04 Å². The third kappa shape index (κ3) is 3.98. The lowest BCUT2D eigenvalue weighted by Crippen LogP contribution is -2.42. The highest BCUT2D eigenvalue weighted by atomic mass is 79.9. The van der Waals surface area contributed by atoms with Crippen molar-refractivity contribution in [3.8, 4) is 0 Å². The summed E-state index contributed by atoms with van der Waals surface area (Å²) in [6.07, 6.45) is 1.09. The van der Waals surface area contributed by atoms with E-state index >= 15 is 0 Å². The van der Waals surface area contributed by atoms with E-state index < -0.39 is 0 Å². The highest BCUT2D eigenvalue weighted by molar-refractivity contribution is 9.10. The topological polar surface area (TPSA) is 33.3 Å². The van der Waals surface area contributed by atoms with Crippen LogP contribution < -0.4 is 10.6 Å². The van der Waals surface area contributed by atoms with Gasteiger partial charge in [0.1, 0.15) is 0 Å². The zero-order valence-corrected chi connectivity index (χ0v) is 11.7. The van der Waals surface area contributed by atoms with Crippen molar-refractivity contribution in [3.63, 3.8) is 0 Å². The van der Waals surface area contributed by atoms with Gasteiger partial charge in [-0.2, -0.15) is 0 Å². The maximum atomic E-state index is 5.43. The minimum absolute atomic E-state index is 0.490. The predicted octanol–water partition coefficient (Wildman–Crippen LogP) is 2.55. The summed E-state index contributed by atoms with van der Waals surface area (Å²) in [5.74, 6) is 0. The van der Waals surface area contributed by atoms with Gasteiger partial charge in [0.25, 0.3) is 0 Å². The number of rotatable bonds is 4. The van der Waals surface area contributed by atoms with Crippen LogP contribution in [0.2, 0.25) is 0 Å². The fraction of sp³-hybridized carbons (Fsp3) is 0.538. The average Bonchev–Trinajstić information content (AvgIpc) is 2.35. The van der Waals surface area contributed by atoms with Gasteiger partial charge in [0.15, 0.2) is 0 Å². The Labute approximate surface area is 111 Å². The van der Waals surface area contributed by atoms with Crippen LogP contribution in [0.3, 0.4) is 0 Å². The average molecular weight is 299 g/mol. The zero-order valence-electron chi connectivity index (χ0n) is 10.1. The molecule has 2 N–H and O–H groups in total.